The summed E-state index contributed by atoms with van der Waals surface area (Å²) in [7, 11) is 1.61. The number of nitrogens with zero attached hydrogens (tertiary/aromatic N) is 2. The molecule has 22 heavy (non-hydrogen) atoms. The van der Waals surface area contributed by atoms with Crippen LogP contribution in [0.2, 0.25) is 0 Å². The summed E-state index contributed by atoms with van der Waals surface area (Å²) in [6.07, 6.45) is 1.72. The number of ether oxygens (including phenoxy) is 1. The van der Waals surface area contributed by atoms with Gasteiger partial charge < -0.3 is 9.72 Å². The smallest absolute Gasteiger partial charge is 0.282 e. The number of para-hydroxylation sites is 1. The molecule has 0 amide bonds. The molecule has 0 aromatic heterocycles. The summed E-state index contributed by atoms with van der Waals surface area (Å²) in [6.45, 7) is 0. The third-order valence-corrected chi connectivity index (χ3v) is 3.75. The van der Waals surface area contributed by atoms with Crippen molar-refractivity contribution in [1.29, 1.82) is 0 Å². The number of methoxy groups -OCH3 is 1. The zero-order valence-corrected chi connectivity index (χ0v) is 11.9. The van der Waals surface area contributed by atoms with Gasteiger partial charge in [-0.15, -0.1) is 0 Å². The fourth-order valence-electron chi connectivity index (χ4n) is 2.61. The van der Waals surface area contributed by atoms with E-state index in [0.29, 0.717) is 16.9 Å². The van der Waals surface area contributed by atoms with Gasteiger partial charge in [-0.1, -0.05) is 18.2 Å². The summed E-state index contributed by atoms with van der Waals surface area (Å²) in [6, 6.07) is 15.1. The Hall–Kier alpha value is -3.08. The molecule has 2 aliphatic rings. The average Bonchev–Trinajstić information content (AvgIpc) is 2.92. The first-order valence-corrected chi connectivity index (χ1v) is 6.91. The van der Waals surface area contributed by atoms with Crippen molar-refractivity contribution in [2.45, 2.75) is 0 Å². The van der Waals surface area contributed by atoms with Crippen LogP contribution in [0.15, 0.2) is 59.5 Å². The second-order valence-electron chi connectivity index (χ2n) is 5.01. The van der Waals surface area contributed by atoms with E-state index in [0.717, 1.165) is 16.7 Å². The van der Waals surface area contributed by atoms with E-state index in [-0.39, 0.29) is 5.56 Å². The molecular weight excluding hydrogens is 278 g/mol. The summed E-state index contributed by atoms with van der Waals surface area (Å²) in [5.74, 6) is 0.742. The minimum absolute atomic E-state index is 0.137. The standard InChI is InChI=1S/C17H13N3O2/c1-22-12-8-6-11(7-9-12)20-17(21)14-10-18-15-5-3-2-4-13(15)16(14)19-20/h2-10,18H,1H3. The van der Waals surface area contributed by atoms with Gasteiger partial charge in [-0.05, 0) is 30.3 Å². The molecule has 0 aliphatic carbocycles. The van der Waals surface area contributed by atoms with Crippen molar-refractivity contribution in [3.63, 3.8) is 0 Å². The molecule has 2 aromatic carbocycles. The first-order chi connectivity index (χ1) is 10.8. The quantitative estimate of drug-likeness (QED) is 0.618. The highest BCUT2D eigenvalue weighted by Gasteiger charge is 2.18. The maximum atomic E-state index is 12.6. The topological polar surface area (TPSA) is 59.9 Å². The zero-order chi connectivity index (χ0) is 15.1. The highest BCUT2D eigenvalue weighted by molar-refractivity contribution is 5.93. The van der Waals surface area contributed by atoms with Gasteiger partial charge in [0.15, 0.2) is 0 Å². The fourth-order valence-corrected chi connectivity index (χ4v) is 2.61. The third-order valence-electron chi connectivity index (χ3n) is 3.75. The van der Waals surface area contributed by atoms with E-state index in [1.165, 1.54) is 4.68 Å². The van der Waals surface area contributed by atoms with E-state index in [4.69, 9.17) is 4.74 Å². The van der Waals surface area contributed by atoms with Gasteiger partial charge in [0.1, 0.15) is 11.4 Å². The Balaban J connectivity index is 1.98. The molecule has 108 valence electrons. The lowest BCUT2D eigenvalue weighted by molar-refractivity contribution is 0.414. The molecule has 0 radical (unpaired) electrons. The number of pyridine rings is 1. The van der Waals surface area contributed by atoms with E-state index >= 15 is 0 Å². The zero-order valence-electron chi connectivity index (χ0n) is 11.9. The largest absolute Gasteiger partial charge is 0.497 e. The molecule has 0 saturated heterocycles. The second kappa shape index (κ2) is 4.73. The minimum Gasteiger partial charge on any atom is -0.497 e. The van der Waals surface area contributed by atoms with Crippen molar-refractivity contribution in [3.05, 3.63) is 65.1 Å². The molecule has 0 spiro atoms. The molecule has 5 nitrogen and oxygen atoms in total. The van der Waals surface area contributed by atoms with E-state index < -0.39 is 0 Å². The monoisotopic (exact) mass is 291 g/mol. The van der Waals surface area contributed by atoms with Gasteiger partial charge in [0, 0.05) is 17.1 Å². The molecule has 0 unspecified atom stereocenters. The number of benzene rings is 2. The highest BCUT2D eigenvalue weighted by Crippen LogP contribution is 2.25. The summed E-state index contributed by atoms with van der Waals surface area (Å²) in [5, 5.41) is 5.44. The van der Waals surface area contributed by atoms with Crippen molar-refractivity contribution >= 4 is 10.9 Å². The Morgan fingerprint density at radius 3 is 2.64 bits per heavy atom. The number of nitrogens with one attached hydrogen (secondary N) is 1. The third kappa shape index (κ3) is 1.79. The van der Waals surface area contributed by atoms with Crippen LogP contribution in [0.4, 0.5) is 0 Å². The highest BCUT2D eigenvalue weighted by atomic mass is 16.5. The Bertz CT molecular complexity index is 983. The normalized spacial score (nSPS) is 11.1. The summed E-state index contributed by atoms with van der Waals surface area (Å²) < 4.78 is 6.56. The van der Waals surface area contributed by atoms with Crippen LogP contribution >= 0.6 is 0 Å². The minimum atomic E-state index is -0.137. The van der Waals surface area contributed by atoms with Gasteiger partial charge in [-0.2, -0.15) is 9.78 Å². The molecule has 0 atom stereocenters. The molecule has 4 rings (SSSR count). The van der Waals surface area contributed by atoms with Gasteiger partial charge in [0.05, 0.1) is 18.4 Å². The van der Waals surface area contributed by atoms with Crippen LogP contribution in [-0.2, 0) is 0 Å². The molecule has 0 fully saturated rings. The average molecular weight is 291 g/mol. The van der Waals surface area contributed by atoms with Crippen LogP contribution in [0.1, 0.15) is 0 Å². The second-order valence-corrected chi connectivity index (χ2v) is 5.01. The summed E-state index contributed by atoms with van der Waals surface area (Å²) >= 11 is 0. The predicted octanol–water partition coefficient (Wildman–Crippen LogP) is 2.83. The van der Waals surface area contributed by atoms with E-state index in [1.807, 2.05) is 48.5 Å². The maximum absolute atomic E-state index is 12.6. The van der Waals surface area contributed by atoms with Gasteiger partial charge in [0.25, 0.3) is 5.56 Å². The van der Waals surface area contributed by atoms with Gasteiger partial charge in [0.2, 0.25) is 0 Å². The van der Waals surface area contributed by atoms with Crippen LogP contribution in [0.3, 0.4) is 0 Å². The molecule has 2 aromatic rings. The number of fused-ring (bicyclic) bond motifs is 3. The number of aromatic nitrogens is 3. The predicted molar refractivity (Wildman–Crippen MR) is 84.9 cm³/mol. The van der Waals surface area contributed by atoms with Gasteiger partial charge in [-0.3, -0.25) is 4.79 Å². The number of hydrogen-bond donors (Lipinski definition) is 1. The fraction of sp³-hybridized carbons (Fsp3) is 0.0588. The molecule has 5 heteroatoms. The van der Waals surface area contributed by atoms with E-state index in [1.54, 1.807) is 13.3 Å². The van der Waals surface area contributed by atoms with Crippen molar-refractivity contribution in [2.24, 2.45) is 0 Å². The van der Waals surface area contributed by atoms with Crippen LogP contribution in [0.25, 0.3) is 27.8 Å². The van der Waals surface area contributed by atoms with Gasteiger partial charge >= 0.3 is 0 Å². The Morgan fingerprint density at radius 1 is 1.09 bits per heavy atom. The Labute approximate surface area is 126 Å². The molecule has 1 N–H and O–H groups in total. The van der Waals surface area contributed by atoms with Crippen molar-refractivity contribution in [3.8, 4) is 22.7 Å². The SMILES string of the molecule is COc1ccc(-n2nc3c4ccccc4[nH]cc-3c2=O)cc1. The lowest BCUT2D eigenvalue weighted by Crippen LogP contribution is -2.14. The van der Waals surface area contributed by atoms with Gasteiger partial charge in [-0.25, -0.2) is 0 Å². The van der Waals surface area contributed by atoms with Crippen molar-refractivity contribution in [2.75, 3.05) is 7.11 Å². The molecule has 2 heterocycles. The van der Waals surface area contributed by atoms with Crippen molar-refractivity contribution < 1.29 is 4.74 Å². The van der Waals surface area contributed by atoms with Crippen LogP contribution in [-0.4, -0.2) is 21.9 Å². The summed E-state index contributed by atoms with van der Waals surface area (Å²) in [5.41, 5.74) is 2.81. The van der Waals surface area contributed by atoms with E-state index in [2.05, 4.69) is 10.1 Å². The van der Waals surface area contributed by atoms with Crippen molar-refractivity contribution in [1.82, 2.24) is 14.8 Å². The first-order valence-electron chi connectivity index (χ1n) is 6.91. The van der Waals surface area contributed by atoms with Crippen LogP contribution in [0.5, 0.6) is 5.75 Å². The van der Waals surface area contributed by atoms with Crippen LogP contribution in [0, 0.1) is 0 Å². The lowest BCUT2D eigenvalue weighted by atomic mass is 10.1. The van der Waals surface area contributed by atoms with E-state index in [9.17, 15) is 4.79 Å². The summed E-state index contributed by atoms with van der Waals surface area (Å²) in [4.78, 5) is 15.7. The maximum Gasteiger partial charge on any atom is 0.282 e. The Morgan fingerprint density at radius 2 is 1.86 bits per heavy atom. The molecular formula is C17H13N3O2. The molecule has 0 bridgehead atoms. The number of hydrogen-bond acceptors (Lipinski definition) is 3. The number of aromatic amines is 1. The number of rotatable bonds is 2. The molecule has 0 saturated carbocycles. The Kier molecular flexibility index (Phi) is 2.72. The first kappa shape index (κ1) is 12.6. The number of H-pyrrole nitrogens is 1. The van der Waals surface area contributed by atoms with Crippen LogP contribution < -0.4 is 10.3 Å². The lowest BCUT2D eigenvalue weighted by Gasteiger charge is -2.02. The molecule has 2 aliphatic heterocycles.